The zero-order valence-corrected chi connectivity index (χ0v) is 20.6. The zero-order valence-electron chi connectivity index (χ0n) is 17.4. The van der Waals surface area contributed by atoms with Crippen molar-refractivity contribution in [2.45, 2.75) is 26.7 Å². The number of nitrogens with one attached hydrogen (secondary N) is 1. The number of hydrogen-bond donors (Lipinski definition) is 1. The van der Waals surface area contributed by atoms with Crippen molar-refractivity contribution < 1.29 is 4.74 Å². The van der Waals surface area contributed by atoms with Crippen LogP contribution in [0.25, 0.3) is 0 Å². The topological polar surface area (TPSA) is 65.9 Å². The summed E-state index contributed by atoms with van der Waals surface area (Å²) in [7, 11) is 1.70. The van der Waals surface area contributed by atoms with Crippen LogP contribution < -0.4 is 15.0 Å². The van der Waals surface area contributed by atoms with Crippen molar-refractivity contribution in [2.24, 2.45) is 4.99 Å². The second-order valence-electron chi connectivity index (χ2n) is 6.66. The van der Waals surface area contributed by atoms with Crippen LogP contribution in [0.3, 0.4) is 0 Å². The lowest BCUT2D eigenvalue weighted by molar-refractivity contribution is 0.372. The molecule has 0 radical (unpaired) electrons. The van der Waals surface area contributed by atoms with Crippen LogP contribution in [0.1, 0.15) is 25.2 Å². The fourth-order valence-electron chi connectivity index (χ4n) is 3.17. The number of hydrogen-bond acceptors (Lipinski definition) is 6. The van der Waals surface area contributed by atoms with Gasteiger partial charge in [0.25, 0.3) is 0 Å². The van der Waals surface area contributed by atoms with Crippen LogP contribution in [0.5, 0.6) is 5.75 Å². The molecule has 1 aromatic heterocycles. The number of methoxy groups -OCH3 is 1. The van der Waals surface area contributed by atoms with Crippen LogP contribution >= 0.6 is 35.5 Å². The number of ether oxygens (including phenoxy) is 1. The van der Waals surface area contributed by atoms with Gasteiger partial charge in [0.1, 0.15) is 11.6 Å². The first-order valence-corrected chi connectivity index (χ1v) is 10.7. The number of aliphatic imine (C=N–C) groups is 1. The highest BCUT2D eigenvalue weighted by atomic mass is 127. The van der Waals surface area contributed by atoms with E-state index in [9.17, 15) is 0 Å². The molecule has 1 aliphatic heterocycles. The van der Waals surface area contributed by atoms with E-state index < -0.39 is 0 Å². The molecule has 0 amide bonds. The Labute approximate surface area is 194 Å². The van der Waals surface area contributed by atoms with Gasteiger partial charge in [-0.25, -0.2) is 4.98 Å². The molecule has 1 fully saturated rings. The van der Waals surface area contributed by atoms with Crippen LogP contribution in [0.4, 0.5) is 5.13 Å². The summed E-state index contributed by atoms with van der Waals surface area (Å²) >= 11 is 1.51. The van der Waals surface area contributed by atoms with Crippen molar-refractivity contribution in [1.82, 2.24) is 19.6 Å². The second-order valence-corrected chi connectivity index (χ2v) is 7.39. The minimum absolute atomic E-state index is 0. The Kier molecular flexibility index (Phi) is 9.92. The van der Waals surface area contributed by atoms with E-state index in [1.165, 1.54) is 17.1 Å². The van der Waals surface area contributed by atoms with Crippen molar-refractivity contribution in [1.29, 1.82) is 0 Å². The maximum absolute atomic E-state index is 5.30. The van der Waals surface area contributed by atoms with Crippen LogP contribution in [-0.2, 0) is 12.8 Å². The minimum Gasteiger partial charge on any atom is -0.497 e. The van der Waals surface area contributed by atoms with Crippen LogP contribution in [0.15, 0.2) is 29.3 Å². The van der Waals surface area contributed by atoms with Gasteiger partial charge in [-0.05, 0) is 31.0 Å². The molecule has 1 aliphatic rings. The van der Waals surface area contributed by atoms with Crippen molar-refractivity contribution in [3.05, 3.63) is 35.7 Å². The lowest BCUT2D eigenvalue weighted by atomic mass is 10.1. The van der Waals surface area contributed by atoms with Crippen molar-refractivity contribution in [2.75, 3.05) is 51.3 Å². The van der Waals surface area contributed by atoms with Gasteiger partial charge in [0, 0.05) is 57.2 Å². The lowest BCUT2D eigenvalue weighted by Gasteiger charge is -2.36. The number of benzene rings is 1. The monoisotopic (exact) mass is 530 g/mol. The summed E-state index contributed by atoms with van der Waals surface area (Å²) in [6.45, 7) is 9.59. The van der Waals surface area contributed by atoms with E-state index >= 15 is 0 Å². The summed E-state index contributed by atoms with van der Waals surface area (Å²) in [6, 6.07) is 8.20. The summed E-state index contributed by atoms with van der Waals surface area (Å²) < 4.78 is 9.71. The molecule has 29 heavy (non-hydrogen) atoms. The smallest absolute Gasteiger partial charge is 0.205 e. The maximum Gasteiger partial charge on any atom is 0.205 e. The largest absolute Gasteiger partial charge is 0.497 e. The highest BCUT2D eigenvalue weighted by Gasteiger charge is 2.21. The number of aromatic nitrogens is 2. The number of piperazine rings is 1. The molecular formula is C20H31IN6OS. The molecule has 3 rings (SSSR count). The quantitative estimate of drug-likeness (QED) is 0.338. The molecule has 7 nitrogen and oxygen atoms in total. The second kappa shape index (κ2) is 12.2. The average Bonchev–Trinajstić information content (AvgIpc) is 3.23. The van der Waals surface area contributed by atoms with Gasteiger partial charge in [-0.2, -0.15) is 4.37 Å². The third-order valence-corrected chi connectivity index (χ3v) is 5.57. The molecule has 0 atom stereocenters. The first-order valence-electron chi connectivity index (χ1n) is 9.97. The zero-order chi connectivity index (χ0) is 19.8. The molecule has 1 saturated heterocycles. The van der Waals surface area contributed by atoms with E-state index in [1.807, 2.05) is 12.1 Å². The lowest BCUT2D eigenvalue weighted by Crippen LogP contribution is -2.52. The summed E-state index contributed by atoms with van der Waals surface area (Å²) in [6.07, 6.45) is 1.79. The van der Waals surface area contributed by atoms with E-state index in [1.54, 1.807) is 7.11 Å². The van der Waals surface area contributed by atoms with Gasteiger partial charge in [-0.15, -0.1) is 24.0 Å². The van der Waals surface area contributed by atoms with E-state index in [2.05, 4.69) is 50.5 Å². The fraction of sp³-hybridized carbons (Fsp3) is 0.550. The molecule has 160 valence electrons. The number of anilines is 1. The molecule has 0 aliphatic carbocycles. The van der Waals surface area contributed by atoms with Gasteiger partial charge in [0.05, 0.1) is 7.11 Å². The molecule has 0 bridgehead atoms. The highest BCUT2D eigenvalue weighted by Crippen LogP contribution is 2.19. The van der Waals surface area contributed by atoms with E-state index in [4.69, 9.17) is 9.73 Å². The third kappa shape index (κ3) is 6.70. The Morgan fingerprint density at radius 2 is 2.03 bits per heavy atom. The molecule has 1 aromatic carbocycles. The van der Waals surface area contributed by atoms with Gasteiger partial charge in [-0.3, -0.25) is 4.99 Å². The summed E-state index contributed by atoms with van der Waals surface area (Å²) in [4.78, 5) is 14.1. The third-order valence-electron chi connectivity index (χ3n) is 4.75. The predicted octanol–water partition coefficient (Wildman–Crippen LogP) is 3.06. The standard InChI is InChI=1S/C20H30N6OS.HI/c1-4-18-23-20(28-24-18)26-13-11-25(12-14-26)19(21-5-2)22-10-9-16-7-6-8-17(15-16)27-3;/h6-8,15H,4-5,9-14H2,1-3H3,(H,21,22);1H. The Morgan fingerprint density at radius 3 is 2.69 bits per heavy atom. The Morgan fingerprint density at radius 1 is 1.24 bits per heavy atom. The van der Waals surface area contributed by atoms with Crippen molar-refractivity contribution in [3.63, 3.8) is 0 Å². The number of guanidine groups is 1. The molecule has 2 aromatic rings. The maximum atomic E-state index is 5.30. The summed E-state index contributed by atoms with van der Waals surface area (Å²) in [5.74, 6) is 2.83. The summed E-state index contributed by atoms with van der Waals surface area (Å²) in [5.41, 5.74) is 1.24. The highest BCUT2D eigenvalue weighted by molar-refractivity contribution is 14.0. The van der Waals surface area contributed by atoms with Gasteiger partial charge in [-0.1, -0.05) is 19.1 Å². The molecule has 0 saturated carbocycles. The first-order chi connectivity index (χ1) is 13.7. The molecule has 9 heteroatoms. The van der Waals surface area contributed by atoms with Crippen molar-refractivity contribution >= 4 is 46.6 Å². The van der Waals surface area contributed by atoms with E-state index in [-0.39, 0.29) is 24.0 Å². The minimum atomic E-state index is 0. The summed E-state index contributed by atoms with van der Waals surface area (Å²) in [5, 5.41) is 4.47. The molecule has 0 unspecified atom stereocenters. The van der Waals surface area contributed by atoms with Gasteiger partial charge in [0.2, 0.25) is 5.13 Å². The Hall–Kier alpha value is -1.62. The van der Waals surface area contributed by atoms with Crippen LogP contribution in [-0.4, -0.2) is 66.6 Å². The van der Waals surface area contributed by atoms with Crippen LogP contribution in [0, 0.1) is 0 Å². The van der Waals surface area contributed by atoms with Gasteiger partial charge < -0.3 is 19.9 Å². The normalized spacial score (nSPS) is 14.5. The number of halogens is 1. The SMILES string of the molecule is CCNC(=NCCc1cccc(OC)c1)N1CCN(c2nc(CC)ns2)CC1.I. The van der Waals surface area contributed by atoms with Crippen molar-refractivity contribution in [3.8, 4) is 5.75 Å². The predicted molar refractivity (Wildman–Crippen MR) is 131 cm³/mol. The molecule has 1 N–H and O–H groups in total. The van der Waals surface area contributed by atoms with E-state index in [0.29, 0.717) is 0 Å². The number of rotatable bonds is 7. The fourth-order valence-corrected chi connectivity index (χ4v) is 3.97. The van der Waals surface area contributed by atoms with E-state index in [0.717, 1.165) is 74.8 Å². The first kappa shape index (κ1) is 23.7. The Bertz CT molecular complexity index is 776. The Balaban J connectivity index is 0.00000300. The molecule has 2 heterocycles. The average molecular weight is 530 g/mol. The van der Waals surface area contributed by atoms with Gasteiger partial charge >= 0.3 is 0 Å². The van der Waals surface area contributed by atoms with Gasteiger partial charge in [0.15, 0.2) is 5.96 Å². The van der Waals surface area contributed by atoms with Crippen LogP contribution in [0.2, 0.25) is 0 Å². The number of nitrogens with zero attached hydrogens (tertiary/aromatic N) is 5. The molecular weight excluding hydrogens is 499 g/mol. The molecule has 0 spiro atoms. The number of aryl methyl sites for hydroxylation is 1.